The molecule has 0 spiro atoms. The number of carbonyl (C=O) groups is 1. The van der Waals surface area contributed by atoms with Gasteiger partial charge >= 0.3 is 0 Å². The second kappa shape index (κ2) is 4.46. The van der Waals surface area contributed by atoms with E-state index in [9.17, 15) is 9.18 Å². The van der Waals surface area contributed by atoms with Gasteiger partial charge in [-0.05, 0) is 43.9 Å². The van der Waals surface area contributed by atoms with Crippen LogP contribution in [-0.2, 0) is 4.79 Å². The second-order valence-electron chi connectivity index (χ2n) is 6.76. The molecule has 0 N–H and O–H groups in total. The Bertz CT molecular complexity index is 266. The number of rotatable bonds is 1. The van der Waals surface area contributed by atoms with Crippen LogP contribution in [0.25, 0.3) is 0 Å². The third-order valence-electron chi connectivity index (χ3n) is 4.32. The van der Waals surface area contributed by atoms with Gasteiger partial charge in [0, 0.05) is 5.41 Å². The van der Waals surface area contributed by atoms with Gasteiger partial charge in [0.15, 0.2) is 0 Å². The number of hydrogen-bond acceptors (Lipinski definition) is 1. The normalized spacial score (nSPS) is 36.9. The van der Waals surface area contributed by atoms with Gasteiger partial charge < -0.3 is 0 Å². The lowest BCUT2D eigenvalue weighted by molar-refractivity contribution is -0.127. The average Bonchev–Trinajstić information content (AvgIpc) is 2.26. The van der Waals surface area contributed by atoms with Crippen molar-refractivity contribution in [2.75, 3.05) is 0 Å². The zero-order chi connectivity index (χ0) is 12.6. The summed E-state index contributed by atoms with van der Waals surface area (Å²) in [4.78, 5) is 11.7. The van der Waals surface area contributed by atoms with Gasteiger partial charge in [-0.3, -0.25) is 4.79 Å². The molecule has 2 heteroatoms. The third kappa shape index (κ3) is 3.05. The van der Waals surface area contributed by atoms with Gasteiger partial charge in [-0.2, -0.15) is 0 Å². The van der Waals surface area contributed by atoms with Crippen molar-refractivity contribution in [3.8, 4) is 0 Å². The van der Waals surface area contributed by atoms with Crippen LogP contribution in [0.3, 0.4) is 0 Å². The molecule has 1 rings (SSSR count). The maximum atomic E-state index is 13.7. The Labute approximate surface area is 98.8 Å². The summed E-state index contributed by atoms with van der Waals surface area (Å²) in [6.45, 7) is 10.1. The Hall–Kier alpha value is -0.400. The molecule has 0 aromatic rings. The summed E-state index contributed by atoms with van der Waals surface area (Å²) in [5.41, 5.74) is -0.218. The van der Waals surface area contributed by atoms with Crippen LogP contribution in [0.15, 0.2) is 0 Å². The summed E-state index contributed by atoms with van der Waals surface area (Å²) in [5.74, 6) is 0.523. The highest BCUT2D eigenvalue weighted by atomic mass is 19.1. The van der Waals surface area contributed by atoms with E-state index in [1.54, 1.807) is 6.92 Å². The molecule has 16 heavy (non-hydrogen) atoms. The molecular weight excluding hydrogens is 203 g/mol. The topological polar surface area (TPSA) is 17.1 Å². The van der Waals surface area contributed by atoms with Crippen LogP contribution >= 0.6 is 0 Å². The Kier molecular flexibility index (Phi) is 3.81. The Morgan fingerprint density at radius 3 is 2.38 bits per heavy atom. The Morgan fingerprint density at radius 2 is 1.94 bits per heavy atom. The summed E-state index contributed by atoms with van der Waals surface area (Å²) in [6.07, 6.45) is 1.97. The van der Waals surface area contributed by atoms with Crippen molar-refractivity contribution in [2.45, 2.75) is 66.5 Å². The molecule has 3 atom stereocenters. The molecule has 94 valence electrons. The number of carbonyl (C=O) groups excluding carboxylic acids is 1. The third-order valence-corrected chi connectivity index (χ3v) is 4.32. The largest absolute Gasteiger partial charge is 0.299 e. The summed E-state index contributed by atoms with van der Waals surface area (Å²) in [5, 5.41) is 0. The molecule has 0 bridgehead atoms. The first-order valence-corrected chi connectivity index (χ1v) is 6.30. The summed E-state index contributed by atoms with van der Waals surface area (Å²) in [6, 6.07) is 0. The van der Waals surface area contributed by atoms with E-state index in [2.05, 4.69) is 20.8 Å². The zero-order valence-corrected chi connectivity index (χ0v) is 11.3. The van der Waals surface area contributed by atoms with Crippen molar-refractivity contribution in [2.24, 2.45) is 16.7 Å². The highest BCUT2D eigenvalue weighted by Gasteiger charge is 2.40. The molecule has 0 saturated heterocycles. The zero-order valence-electron chi connectivity index (χ0n) is 11.3. The highest BCUT2D eigenvalue weighted by molar-refractivity contribution is 5.81. The van der Waals surface area contributed by atoms with E-state index in [-0.39, 0.29) is 16.6 Å². The molecule has 3 unspecified atom stereocenters. The Balaban J connectivity index is 2.91. The van der Waals surface area contributed by atoms with Crippen LogP contribution < -0.4 is 0 Å². The van der Waals surface area contributed by atoms with Gasteiger partial charge in [0.25, 0.3) is 0 Å². The van der Waals surface area contributed by atoms with Gasteiger partial charge in [0.2, 0.25) is 0 Å². The fraction of sp³-hybridized carbons (Fsp3) is 0.929. The summed E-state index contributed by atoms with van der Waals surface area (Å²) >= 11 is 0. The fourth-order valence-corrected chi connectivity index (χ4v) is 2.61. The van der Waals surface area contributed by atoms with Gasteiger partial charge in [-0.15, -0.1) is 0 Å². The second-order valence-corrected chi connectivity index (χ2v) is 6.76. The van der Waals surface area contributed by atoms with Crippen LogP contribution in [0.1, 0.15) is 60.3 Å². The van der Waals surface area contributed by atoms with Crippen molar-refractivity contribution >= 4 is 5.78 Å². The van der Waals surface area contributed by atoms with E-state index < -0.39 is 6.17 Å². The Morgan fingerprint density at radius 1 is 1.38 bits per heavy atom. The van der Waals surface area contributed by atoms with E-state index in [0.717, 1.165) is 6.42 Å². The number of Topliss-reactive ketones (excluding diaryl/α,β-unsaturated/α-hetero) is 1. The minimum absolute atomic E-state index is 0.0887. The van der Waals surface area contributed by atoms with Crippen molar-refractivity contribution in [1.82, 2.24) is 0 Å². The SMILES string of the molecule is CC(=O)C1(C)CCC(F)CC(C(C)(C)C)C1. The van der Waals surface area contributed by atoms with Crippen LogP contribution in [0.4, 0.5) is 4.39 Å². The minimum Gasteiger partial charge on any atom is -0.299 e. The van der Waals surface area contributed by atoms with Crippen LogP contribution in [0.2, 0.25) is 0 Å². The lowest BCUT2D eigenvalue weighted by Gasteiger charge is -2.35. The number of halogens is 1. The van der Waals surface area contributed by atoms with E-state index in [0.29, 0.717) is 25.2 Å². The maximum absolute atomic E-state index is 13.7. The van der Waals surface area contributed by atoms with Gasteiger partial charge in [-0.1, -0.05) is 27.7 Å². The monoisotopic (exact) mass is 228 g/mol. The first kappa shape index (κ1) is 13.7. The van der Waals surface area contributed by atoms with Crippen LogP contribution in [0, 0.1) is 16.7 Å². The standard InChI is InChI=1S/C14H25FO/c1-10(16)14(5)7-6-12(15)8-11(9-14)13(2,3)4/h11-12H,6-9H2,1-5H3. The van der Waals surface area contributed by atoms with E-state index in [1.165, 1.54) is 0 Å². The molecule has 1 nitrogen and oxygen atoms in total. The van der Waals surface area contributed by atoms with E-state index >= 15 is 0 Å². The van der Waals surface area contributed by atoms with E-state index in [1.807, 2.05) is 6.92 Å². The van der Waals surface area contributed by atoms with Crippen LogP contribution in [-0.4, -0.2) is 12.0 Å². The molecular formula is C14H25FO. The first-order valence-electron chi connectivity index (χ1n) is 6.30. The van der Waals surface area contributed by atoms with Crippen molar-refractivity contribution in [3.63, 3.8) is 0 Å². The minimum atomic E-state index is -0.731. The molecule has 1 aliphatic rings. The molecule has 1 aliphatic carbocycles. The maximum Gasteiger partial charge on any atom is 0.135 e. The predicted octanol–water partition coefficient (Wildman–Crippen LogP) is 4.16. The van der Waals surface area contributed by atoms with E-state index in [4.69, 9.17) is 0 Å². The number of hydrogen-bond donors (Lipinski definition) is 0. The summed E-state index contributed by atoms with van der Waals surface area (Å²) < 4.78 is 13.7. The molecule has 0 aromatic carbocycles. The molecule has 0 aliphatic heterocycles. The fourth-order valence-electron chi connectivity index (χ4n) is 2.61. The van der Waals surface area contributed by atoms with Gasteiger partial charge in [0.1, 0.15) is 12.0 Å². The molecule has 0 heterocycles. The molecule has 0 aromatic heterocycles. The van der Waals surface area contributed by atoms with Gasteiger partial charge in [0.05, 0.1) is 0 Å². The van der Waals surface area contributed by atoms with Gasteiger partial charge in [-0.25, -0.2) is 4.39 Å². The molecule has 0 radical (unpaired) electrons. The summed E-state index contributed by atoms with van der Waals surface area (Å²) in [7, 11) is 0. The number of ketones is 1. The van der Waals surface area contributed by atoms with Crippen molar-refractivity contribution in [3.05, 3.63) is 0 Å². The highest BCUT2D eigenvalue weighted by Crippen LogP contribution is 2.45. The lowest BCUT2D eigenvalue weighted by atomic mass is 9.69. The van der Waals surface area contributed by atoms with Crippen LogP contribution in [0.5, 0.6) is 0 Å². The quantitative estimate of drug-likeness (QED) is 0.616. The number of alkyl halides is 1. The molecule has 1 fully saturated rings. The molecule has 1 saturated carbocycles. The lowest BCUT2D eigenvalue weighted by Crippen LogP contribution is -2.31. The smallest absolute Gasteiger partial charge is 0.135 e. The first-order chi connectivity index (χ1) is 7.15. The predicted molar refractivity (Wildman–Crippen MR) is 65.1 cm³/mol. The molecule has 0 amide bonds. The van der Waals surface area contributed by atoms with Crippen molar-refractivity contribution < 1.29 is 9.18 Å². The average molecular weight is 228 g/mol. The van der Waals surface area contributed by atoms with Crippen molar-refractivity contribution in [1.29, 1.82) is 0 Å².